The molecule has 0 aromatic rings. The first-order chi connectivity index (χ1) is 50.3. The first-order valence-electron chi connectivity index (χ1n) is 41.3. The third-order valence-electron chi connectivity index (χ3n) is 20.2. The number of hydrogen-bond acceptors (Lipinski definition) is 18. The summed E-state index contributed by atoms with van der Waals surface area (Å²) in [6, 6.07) is -1.00. The van der Waals surface area contributed by atoms with Gasteiger partial charge in [0.05, 0.1) is 38.6 Å². The number of amides is 1. The summed E-state index contributed by atoms with van der Waals surface area (Å²) in [4.78, 5) is 13.5. The van der Waals surface area contributed by atoms with E-state index in [9.17, 15) is 61.0 Å². The molecule has 3 heterocycles. The monoisotopic (exact) mass is 1460 g/mol. The summed E-state index contributed by atoms with van der Waals surface area (Å²) in [6.07, 6.45) is 58.6. The molecular formula is C84H149NO18. The fraction of sp³-hybridized carbons (Fsp3) is 0.821. The van der Waals surface area contributed by atoms with Crippen LogP contribution in [0.5, 0.6) is 0 Å². The van der Waals surface area contributed by atoms with Crippen molar-refractivity contribution in [1.29, 1.82) is 0 Å². The van der Waals surface area contributed by atoms with Gasteiger partial charge in [-0.25, -0.2) is 0 Å². The fourth-order valence-electron chi connectivity index (χ4n) is 13.6. The number of hydrogen-bond donors (Lipinski definition) is 12. The van der Waals surface area contributed by atoms with Gasteiger partial charge >= 0.3 is 0 Å². The molecule has 3 fully saturated rings. The van der Waals surface area contributed by atoms with Crippen LogP contribution >= 0.6 is 0 Å². The number of aliphatic hydroxyl groups is 11. The first-order valence-corrected chi connectivity index (χ1v) is 41.3. The van der Waals surface area contributed by atoms with Gasteiger partial charge in [0, 0.05) is 6.42 Å². The van der Waals surface area contributed by atoms with E-state index in [4.69, 9.17) is 28.4 Å². The highest BCUT2D eigenvalue weighted by atomic mass is 16.8. The van der Waals surface area contributed by atoms with Crippen LogP contribution < -0.4 is 5.32 Å². The van der Waals surface area contributed by atoms with Crippen LogP contribution in [-0.4, -0.2) is 193 Å². The average Bonchev–Trinajstić information content (AvgIpc) is 0.781. The lowest BCUT2D eigenvalue weighted by Crippen LogP contribution is -2.66. The van der Waals surface area contributed by atoms with Gasteiger partial charge < -0.3 is 89.9 Å². The van der Waals surface area contributed by atoms with Gasteiger partial charge in [-0.05, 0) is 83.5 Å². The summed E-state index contributed by atoms with van der Waals surface area (Å²) in [5, 5.41) is 121. The van der Waals surface area contributed by atoms with Crippen molar-refractivity contribution in [2.24, 2.45) is 0 Å². The summed E-state index contributed by atoms with van der Waals surface area (Å²) in [5.41, 5.74) is 0. The number of carbonyl (C=O) groups excluding carboxylic acids is 1. The summed E-state index contributed by atoms with van der Waals surface area (Å²) >= 11 is 0. The molecule has 1 amide bonds. The Labute approximate surface area is 622 Å². The second kappa shape index (κ2) is 63.9. The SMILES string of the molecule is CC/C=C\C/C=C\C/C=C\C/C=C\CCCCCCCCCCCCCCCCC(=O)NC(COC1OC(CO)C(OC2OC(CO)C(OC3OC(CO)C(O)C(O)C3O)C(O)C2O)C(O)C1O)C(O)/C=C/CC/C=C/CC/C=C/CCCCCCCCCCCCCCCCCCCCCCC. The third-order valence-corrected chi connectivity index (χ3v) is 20.2. The van der Waals surface area contributed by atoms with E-state index < -0.39 is 124 Å². The summed E-state index contributed by atoms with van der Waals surface area (Å²) in [6.45, 7) is 1.63. The maximum atomic E-state index is 13.5. The number of unbranched alkanes of at least 4 members (excludes halogenated alkanes) is 37. The van der Waals surface area contributed by atoms with Crippen molar-refractivity contribution in [1.82, 2.24) is 5.32 Å². The molecule has 103 heavy (non-hydrogen) atoms. The largest absolute Gasteiger partial charge is 0.394 e. The molecule has 0 radical (unpaired) electrons. The molecule has 3 aliphatic rings. The highest BCUT2D eigenvalue weighted by molar-refractivity contribution is 5.76. The Balaban J connectivity index is 1.39. The Morgan fingerprint density at radius 2 is 0.680 bits per heavy atom. The minimum absolute atomic E-state index is 0.228. The van der Waals surface area contributed by atoms with Crippen molar-refractivity contribution < 1.29 is 89.4 Å². The zero-order chi connectivity index (χ0) is 74.6. The molecule has 0 saturated carbocycles. The Kier molecular flexibility index (Phi) is 58.4. The van der Waals surface area contributed by atoms with Crippen molar-refractivity contribution in [3.05, 3.63) is 85.1 Å². The first kappa shape index (κ1) is 94.2. The molecule has 3 saturated heterocycles. The highest BCUT2D eigenvalue weighted by Gasteiger charge is 2.54. The van der Waals surface area contributed by atoms with Gasteiger partial charge in [0.1, 0.15) is 73.2 Å². The molecule has 19 nitrogen and oxygen atoms in total. The molecule has 17 atom stereocenters. The van der Waals surface area contributed by atoms with Crippen molar-refractivity contribution in [2.45, 2.75) is 413 Å². The molecule has 0 aromatic heterocycles. The minimum atomic E-state index is -1.99. The lowest BCUT2D eigenvalue weighted by atomic mass is 9.96. The lowest BCUT2D eigenvalue weighted by Gasteiger charge is -2.48. The zero-order valence-electron chi connectivity index (χ0n) is 64.0. The number of aliphatic hydroxyl groups excluding tert-OH is 11. The van der Waals surface area contributed by atoms with Gasteiger partial charge in [0.15, 0.2) is 18.9 Å². The van der Waals surface area contributed by atoms with Gasteiger partial charge in [0.2, 0.25) is 5.91 Å². The topological polar surface area (TPSA) is 307 Å². The molecule has 0 spiro atoms. The van der Waals surface area contributed by atoms with E-state index in [0.717, 1.165) is 77.0 Å². The van der Waals surface area contributed by atoms with Crippen LogP contribution in [0, 0.1) is 0 Å². The van der Waals surface area contributed by atoms with E-state index in [2.05, 4.69) is 92.1 Å². The van der Waals surface area contributed by atoms with E-state index in [0.29, 0.717) is 12.8 Å². The normalized spacial score (nSPS) is 26.5. The van der Waals surface area contributed by atoms with E-state index >= 15 is 0 Å². The second-order valence-electron chi connectivity index (χ2n) is 29.2. The lowest BCUT2D eigenvalue weighted by molar-refractivity contribution is -0.379. The maximum absolute atomic E-state index is 13.5. The molecule has 0 bridgehead atoms. The fourth-order valence-corrected chi connectivity index (χ4v) is 13.6. The summed E-state index contributed by atoms with van der Waals surface area (Å²) in [7, 11) is 0. The predicted octanol–water partition coefficient (Wildman–Crippen LogP) is 14.2. The number of rotatable bonds is 65. The number of carbonyl (C=O) groups is 1. The Morgan fingerprint density at radius 3 is 1.09 bits per heavy atom. The molecule has 3 rings (SSSR count). The van der Waals surface area contributed by atoms with E-state index in [1.54, 1.807) is 6.08 Å². The molecule has 12 N–H and O–H groups in total. The molecule has 19 heteroatoms. The van der Waals surface area contributed by atoms with Crippen molar-refractivity contribution in [2.75, 3.05) is 26.4 Å². The van der Waals surface area contributed by atoms with Crippen LogP contribution in [0.1, 0.15) is 309 Å². The smallest absolute Gasteiger partial charge is 0.220 e. The van der Waals surface area contributed by atoms with Gasteiger partial charge in [-0.15, -0.1) is 0 Å². The van der Waals surface area contributed by atoms with Gasteiger partial charge in [-0.2, -0.15) is 0 Å². The van der Waals surface area contributed by atoms with Crippen LogP contribution in [0.4, 0.5) is 0 Å². The van der Waals surface area contributed by atoms with Crippen LogP contribution in [0.25, 0.3) is 0 Å². The Bertz CT molecular complexity index is 2190. The number of allylic oxidation sites excluding steroid dienone is 13. The summed E-state index contributed by atoms with van der Waals surface area (Å²) < 4.78 is 34.4. The third kappa shape index (κ3) is 43.7. The van der Waals surface area contributed by atoms with Crippen LogP contribution in [0.15, 0.2) is 85.1 Å². The van der Waals surface area contributed by atoms with Crippen LogP contribution in [-0.2, 0) is 33.2 Å². The number of ether oxygens (including phenoxy) is 6. The van der Waals surface area contributed by atoms with Crippen LogP contribution in [0.3, 0.4) is 0 Å². The molecule has 598 valence electrons. The van der Waals surface area contributed by atoms with Crippen molar-refractivity contribution in [3.8, 4) is 0 Å². The quantitative estimate of drug-likeness (QED) is 0.0199. The molecule has 3 aliphatic heterocycles. The molecule has 0 aliphatic carbocycles. The van der Waals surface area contributed by atoms with Gasteiger partial charge in [-0.3, -0.25) is 4.79 Å². The van der Waals surface area contributed by atoms with Gasteiger partial charge in [-0.1, -0.05) is 304 Å². The van der Waals surface area contributed by atoms with Crippen LogP contribution in [0.2, 0.25) is 0 Å². The molecule has 17 unspecified atom stereocenters. The Morgan fingerprint density at radius 1 is 0.359 bits per heavy atom. The van der Waals surface area contributed by atoms with Crippen molar-refractivity contribution in [3.63, 3.8) is 0 Å². The van der Waals surface area contributed by atoms with E-state index in [1.165, 1.54) is 199 Å². The summed E-state index contributed by atoms with van der Waals surface area (Å²) in [5.74, 6) is -0.290. The van der Waals surface area contributed by atoms with E-state index in [1.807, 2.05) is 6.08 Å². The zero-order valence-corrected chi connectivity index (χ0v) is 64.0. The van der Waals surface area contributed by atoms with Gasteiger partial charge in [0.25, 0.3) is 0 Å². The second-order valence-corrected chi connectivity index (χ2v) is 29.2. The predicted molar refractivity (Wildman–Crippen MR) is 411 cm³/mol. The van der Waals surface area contributed by atoms with E-state index in [-0.39, 0.29) is 18.9 Å². The standard InChI is InChI=1S/C84H149NO18/c1-3-5-7-9-11-13-15-17-19-21-23-25-27-29-31-32-33-34-36-37-39-41-43-45-47-49-51-53-55-57-59-61-68(89)67(85-72(90)62-60-58-56-54-52-50-48-46-44-42-40-38-35-30-28-26-24-22-20-18-16-14-12-10-8-6-4-2)66-98-82-78(96)75(93)80(70(64-87)100-82)103-84-79(97)76(94)81(71(65-88)101-84)102-83-77(95)74(92)73(91)69(63-86)99-83/h6,8,12,14,18,20,24,26,43,45,51,53,59,61,67-71,73-84,86-89,91-97H,3-5,7,9-11,13,15-17,19,21-23,25,27-42,44,46-50,52,54-58,60,62-66H2,1-2H3,(H,85,90)/b8-6-,14-12-,20-18-,26-24-,45-43+,53-51+,61-59+. The van der Waals surface area contributed by atoms with Crippen molar-refractivity contribution >= 4 is 5.91 Å². The highest BCUT2D eigenvalue weighted by Crippen LogP contribution is 2.33. The molecular weight excluding hydrogens is 1310 g/mol. The minimum Gasteiger partial charge on any atom is -0.394 e. The maximum Gasteiger partial charge on any atom is 0.220 e. The Hall–Kier alpha value is -3.03. The average molecular weight is 1460 g/mol. The molecule has 0 aromatic carbocycles. The number of nitrogens with one attached hydrogen (secondary N) is 1.